The van der Waals surface area contributed by atoms with Gasteiger partial charge in [-0.1, -0.05) is 36.7 Å². The molecule has 2 aliphatic rings. The molecule has 6 nitrogen and oxygen atoms in total. The molecule has 2 unspecified atom stereocenters. The van der Waals surface area contributed by atoms with Gasteiger partial charge in [0.1, 0.15) is 5.75 Å². The smallest absolute Gasteiger partial charge is 0.226 e. The van der Waals surface area contributed by atoms with Crippen molar-refractivity contribution in [3.63, 3.8) is 0 Å². The predicted molar refractivity (Wildman–Crippen MR) is 101 cm³/mol. The minimum absolute atomic E-state index is 0.114. The maximum Gasteiger partial charge on any atom is 0.226 e. The third kappa shape index (κ3) is 3.22. The molecule has 1 aliphatic carbocycles. The molecule has 2 fully saturated rings. The molecule has 0 bridgehead atoms. The Bertz CT molecular complexity index is 819. The Labute approximate surface area is 159 Å². The van der Waals surface area contributed by atoms with Gasteiger partial charge in [-0.2, -0.15) is 4.98 Å². The molecule has 1 amide bonds. The van der Waals surface area contributed by atoms with Crippen LogP contribution in [0.25, 0.3) is 0 Å². The summed E-state index contributed by atoms with van der Waals surface area (Å²) >= 11 is 0. The lowest BCUT2D eigenvalue weighted by Crippen LogP contribution is -2.35. The minimum atomic E-state index is -0.114. The van der Waals surface area contributed by atoms with Crippen LogP contribution in [0.3, 0.4) is 0 Å². The minimum Gasteiger partial charge on any atom is -0.496 e. The van der Waals surface area contributed by atoms with Gasteiger partial charge in [0.05, 0.1) is 12.5 Å². The first-order valence-corrected chi connectivity index (χ1v) is 9.89. The van der Waals surface area contributed by atoms with Crippen molar-refractivity contribution in [2.75, 3.05) is 20.2 Å². The standard InChI is InChI=1S/C21H27N3O3/c1-3-18-22-20(23-27-18)21-12-6-8-16(21)13-24(14-21)19(25)11-10-15-7-4-5-9-17(15)26-2/h4-5,7,9,16H,3,6,8,10-14H2,1-2H3. The Balaban J connectivity index is 1.45. The Hall–Kier alpha value is -2.37. The first kappa shape index (κ1) is 18.0. The summed E-state index contributed by atoms with van der Waals surface area (Å²) in [5.41, 5.74) is 0.963. The number of hydrogen-bond acceptors (Lipinski definition) is 5. The van der Waals surface area contributed by atoms with E-state index in [1.807, 2.05) is 36.1 Å². The predicted octanol–water partition coefficient (Wildman–Crippen LogP) is 3.15. The molecule has 27 heavy (non-hydrogen) atoms. The number of hydrogen-bond donors (Lipinski definition) is 0. The number of aryl methyl sites for hydroxylation is 2. The van der Waals surface area contributed by atoms with Crippen LogP contribution in [0.5, 0.6) is 5.75 Å². The van der Waals surface area contributed by atoms with Crippen LogP contribution in [0, 0.1) is 5.92 Å². The number of methoxy groups -OCH3 is 1. The van der Waals surface area contributed by atoms with Gasteiger partial charge in [-0.15, -0.1) is 0 Å². The summed E-state index contributed by atoms with van der Waals surface area (Å²) in [5.74, 6) is 2.98. The number of benzene rings is 1. The van der Waals surface area contributed by atoms with Crippen LogP contribution >= 0.6 is 0 Å². The van der Waals surface area contributed by atoms with E-state index in [0.717, 1.165) is 42.9 Å². The van der Waals surface area contributed by atoms with E-state index >= 15 is 0 Å². The number of amides is 1. The van der Waals surface area contributed by atoms with Crippen molar-refractivity contribution in [3.05, 3.63) is 41.5 Å². The van der Waals surface area contributed by atoms with E-state index in [0.29, 0.717) is 31.2 Å². The summed E-state index contributed by atoms with van der Waals surface area (Å²) in [5, 5.41) is 4.27. The number of carbonyl (C=O) groups is 1. The Kier molecular flexibility index (Phi) is 4.89. The highest BCUT2D eigenvalue weighted by molar-refractivity contribution is 5.77. The summed E-state index contributed by atoms with van der Waals surface area (Å²) in [6, 6.07) is 7.90. The summed E-state index contributed by atoms with van der Waals surface area (Å²) in [6.45, 7) is 3.54. The molecule has 6 heteroatoms. The van der Waals surface area contributed by atoms with Gasteiger partial charge in [-0.3, -0.25) is 4.79 Å². The maximum absolute atomic E-state index is 12.9. The maximum atomic E-state index is 12.9. The molecular formula is C21H27N3O3. The van der Waals surface area contributed by atoms with Crippen LogP contribution in [-0.4, -0.2) is 41.1 Å². The number of nitrogens with zero attached hydrogens (tertiary/aromatic N) is 3. The van der Waals surface area contributed by atoms with Crippen LogP contribution in [-0.2, 0) is 23.1 Å². The molecule has 1 saturated heterocycles. The van der Waals surface area contributed by atoms with E-state index in [1.165, 1.54) is 6.42 Å². The molecule has 1 saturated carbocycles. The Morgan fingerprint density at radius 3 is 3.04 bits per heavy atom. The number of aromatic nitrogens is 2. The van der Waals surface area contributed by atoms with Crippen molar-refractivity contribution in [2.45, 2.75) is 50.9 Å². The number of rotatable bonds is 6. The summed E-state index contributed by atoms with van der Waals surface area (Å²) in [7, 11) is 1.67. The van der Waals surface area contributed by atoms with E-state index in [9.17, 15) is 4.79 Å². The van der Waals surface area contributed by atoms with Gasteiger partial charge in [0.2, 0.25) is 11.8 Å². The van der Waals surface area contributed by atoms with Crippen molar-refractivity contribution in [1.82, 2.24) is 15.0 Å². The zero-order valence-electron chi connectivity index (χ0n) is 16.1. The largest absolute Gasteiger partial charge is 0.496 e. The van der Waals surface area contributed by atoms with Crippen molar-refractivity contribution >= 4 is 5.91 Å². The molecular weight excluding hydrogens is 342 g/mol. The first-order valence-electron chi connectivity index (χ1n) is 9.89. The fourth-order valence-electron chi connectivity index (χ4n) is 4.75. The highest BCUT2D eigenvalue weighted by Crippen LogP contribution is 2.49. The Morgan fingerprint density at radius 1 is 1.41 bits per heavy atom. The van der Waals surface area contributed by atoms with Crippen molar-refractivity contribution < 1.29 is 14.1 Å². The molecule has 2 atom stereocenters. The van der Waals surface area contributed by atoms with Crippen LogP contribution in [0.1, 0.15) is 49.9 Å². The fourth-order valence-corrected chi connectivity index (χ4v) is 4.75. The molecule has 0 radical (unpaired) electrons. The molecule has 0 spiro atoms. The van der Waals surface area contributed by atoms with Crippen molar-refractivity contribution in [1.29, 1.82) is 0 Å². The second-order valence-corrected chi connectivity index (χ2v) is 7.70. The average molecular weight is 369 g/mol. The quantitative estimate of drug-likeness (QED) is 0.782. The fraction of sp³-hybridized carbons (Fsp3) is 0.571. The van der Waals surface area contributed by atoms with E-state index in [2.05, 4.69) is 10.1 Å². The number of para-hydroxylation sites is 1. The average Bonchev–Trinajstić information content (AvgIpc) is 3.39. The van der Waals surface area contributed by atoms with Gasteiger partial charge in [0, 0.05) is 25.9 Å². The number of fused-ring (bicyclic) bond motifs is 1. The summed E-state index contributed by atoms with van der Waals surface area (Å²) in [4.78, 5) is 19.5. The third-order valence-corrected chi connectivity index (χ3v) is 6.24. The van der Waals surface area contributed by atoms with Crippen LogP contribution < -0.4 is 4.74 Å². The Morgan fingerprint density at radius 2 is 2.26 bits per heavy atom. The van der Waals surface area contributed by atoms with Gasteiger partial charge >= 0.3 is 0 Å². The topological polar surface area (TPSA) is 68.5 Å². The van der Waals surface area contributed by atoms with Gasteiger partial charge in [0.15, 0.2) is 5.82 Å². The monoisotopic (exact) mass is 369 g/mol. The number of carbonyl (C=O) groups excluding carboxylic acids is 1. The lowest BCUT2D eigenvalue weighted by molar-refractivity contribution is -0.130. The van der Waals surface area contributed by atoms with Crippen LogP contribution in [0.15, 0.2) is 28.8 Å². The summed E-state index contributed by atoms with van der Waals surface area (Å²) < 4.78 is 10.8. The highest BCUT2D eigenvalue weighted by atomic mass is 16.5. The molecule has 144 valence electrons. The van der Waals surface area contributed by atoms with Gasteiger partial charge in [-0.25, -0.2) is 0 Å². The van der Waals surface area contributed by atoms with Gasteiger partial charge in [-0.05, 0) is 36.8 Å². The van der Waals surface area contributed by atoms with E-state index in [-0.39, 0.29) is 11.3 Å². The molecule has 0 N–H and O–H groups in total. The first-order chi connectivity index (χ1) is 13.2. The molecule has 1 aliphatic heterocycles. The molecule has 1 aromatic heterocycles. The SMILES string of the molecule is CCc1nc(C23CCCC2CN(C(=O)CCc2ccccc2OC)C3)no1. The van der Waals surface area contributed by atoms with Crippen LogP contribution in [0.2, 0.25) is 0 Å². The van der Waals surface area contributed by atoms with Crippen LogP contribution in [0.4, 0.5) is 0 Å². The molecule has 1 aromatic carbocycles. The molecule has 2 heterocycles. The lowest BCUT2D eigenvalue weighted by atomic mass is 9.80. The van der Waals surface area contributed by atoms with Gasteiger partial charge in [0.25, 0.3) is 0 Å². The molecule has 4 rings (SSSR count). The number of ether oxygens (including phenoxy) is 1. The van der Waals surface area contributed by atoms with Crippen molar-refractivity contribution in [3.8, 4) is 5.75 Å². The third-order valence-electron chi connectivity index (χ3n) is 6.24. The molecule has 2 aromatic rings. The normalized spacial score (nSPS) is 24.2. The second kappa shape index (κ2) is 7.33. The number of likely N-dealkylation sites (tertiary alicyclic amines) is 1. The van der Waals surface area contributed by atoms with Gasteiger partial charge < -0.3 is 14.2 Å². The zero-order chi connectivity index (χ0) is 18.9. The zero-order valence-corrected chi connectivity index (χ0v) is 16.1. The van der Waals surface area contributed by atoms with Crippen molar-refractivity contribution in [2.24, 2.45) is 5.92 Å². The summed E-state index contributed by atoms with van der Waals surface area (Å²) in [6.07, 6.45) is 5.27. The van der Waals surface area contributed by atoms with E-state index < -0.39 is 0 Å². The highest BCUT2D eigenvalue weighted by Gasteiger charge is 2.54. The van der Waals surface area contributed by atoms with E-state index in [1.54, 1.807) is 7.11 Å². The van der Waals surface area contributed by atoms with E-state index in [4.69, 9.17) is 9.26 Å². The second-order valence-electron chi connectivity index (χ2n) is 7.70. The lowest BCUT2D eigenvalue weighted by Gasteiger charge is -2.24.